The van der Waals surface area contributed by atoms with E-state index in [1.165, 1.54) is 11.9 Å². The van der Waals surface area contributed by atoms with Gasteiger partial charge in [0.2, 0.25) is 5.91 Å². The summed E-state index contributed by atoms with van der Waals surface area (Å²) in [4.78, 5) is 42.2. The summed E-state index contributed by atoms with van der Waals surface area (Å²) < 4.78 is 5.06. The Morgan fingerprint density at radius 2 is 1.79 bits per heavy atom. The number of carbonyl (C=O) groups excluding carboxylic acids is 3. The van der Waals surface area contributed by atoms with Crippen molar-refractivity contribution in [1.29, 1.82) is 0 Å². The highest BCUT2D eigenvalue weighted by atomic mass is 16.5. The maximum Gasteiger partial charge on any atom is 0.306 e. The summed E-state index contributed by atoms with van der Waals surface area (Å²) in [5.74, 6) is -0.909. The molecule has 28 heavy (non-hydrogen) atoms. The van der Waals surface area contributed by atoms with Gasteiger partial charge in [-0.2, -0.15) is 0 Å². The number of hydrogen-bond acceptors (Lipinski definition) is 4. The summed E-state index contributed by atoms with van der Waals surface area (Å²) in [6.07, 6.45) is 3.60. The fourth-order valence-electron chi connectivity index (χ4n) is 3.05. The fraction of sp³-hybridized carbons (Fsp3) is 0.476. The Morgan fingerprint density at radius 3 is 2.50 bits per heavy atom. The lowest BCUT2D eigenvalue weighted by Crippen LogP contribution is -2.42. The first-order valence-corrected chi connectivity index (χ1v) is 9.68. The van der Waals surface area contributed by atoms with Crippen LogP contribution >= 0.6 is 0 Å². The quantitative estimate of drug-likeness (QED) is 0.635. The summed E-state index contributed by atoms with van der Waals surface area (Å²) in [5, 5.41) is 1.16. The number of ether oxygens (including phenoxy) is 1. The van der Waals surface area contributed by atoms with Crippen LogP contribution in [0.15, 0.2) is 30.5 Å². The second-order valence-electron chi connectivity index (χ2n) is 6.69. The molecule has 0 fully saturated rings. The second kappa shape index (κ2) is 10.5. The van der Waals surface area contributed by atoms with E-state index in [0.29, 0.717) is 19.5 Å². The lowest BCUT2D eigenvalue weighted by atomic mass is 10.1. The molecule has 7 heteroatoms. The number of nitrogens with zero attached hydrogens (tertiary/aromatic N) is 2. The smallest absolute Gasteiger partial charge is 0.306 e. The minimum Gasteiger partial charge on any atom is -0.456 e. The van der Waals surface area contributed by atoms with Gasteiger partial charge in [0.15, 0.2) is 6.61 Å². The van der Waals surface area contributed by atoms with Crippen LogP contribution in [0, 0.1) is 0 Å². The van der Waals surface area contributed by atoms with Crippen molar-refractivity contribution >= 4 is 28.7 Å². The number of aryl methyl sites for hydroxylation is 1. The van der Waals surface area contributed by atoms with Crippen LogP contribution < -0.4 is 0 Å². The molecule has 1 N–H and O–H groups in total. The monoisotopic (exact) mass is 387 g/mol. The zero-order chi connectivity index (χ0) is 20.5. The molecule has 2 rings (SSSR count). The molecule has 0 saturated carbocycles. The van der Waals surface area contributed by atoms with E-state index in [-0.39, 0.29) is 31.4 Å². The molecule has 1 aromatic carbocycles. The molecule has 1 heterocycles. The number of aromatic amines is 1. The molecule has 152 valence electrons. The summed E-state index contributed by atoms with van der Waals surface area (Å²) in [7, 11) is 1.54. The van der Waals surface area contributed by atoms with Gasteiger partial charge < -0.3 is 19.5 Å². The Bertz CT molecular complexity index is 811. The molecule has 0 aliphatic rings. The third-order valence-corrected chi connectivity index (χ3v) is 4.77. The Hall–Kier alpha value is -2.83. The van der Waals surface area contributed by atoms with Crippen LogP contribution in [-0.2, 0) is 25.5 Å². The molecule has 0 aliphatic heterocycles. The van der Waals surface area contributed by atoms with Crippen molar-refractivity contribution in [1.82, 2.24) is 14.8 Å². The first kappa shape index (κ1) is 21.5. The molecule has 2 aromatic rings. The third kappa shape index (κ3) is 5.84. The molecular formula is C21H29N3O4. The molecule has 0 radical (unpaired) electrons. The van der Waals surface area contributed by atoms with E-state index in [0.717, 1.165) is 22.9 Å². The minimum absolute atomic E-state index is 0.0153. The number of para-hydroxylation sites is 1. The highest BCUT2D eigenvalue weighted by Gasteiger charge is 2.17. The Kier molecular flexibility index (Phi) is 8.04. The molecule has 0 saturated heterocycles. The van der Waals surface area contributed by atoms with E-state index in [1.807, 2.05) is 44.3 Å². The maximum atomic E-state index is 12.1. The molecule has 0 spiro atoms. The van der Waals surface area contributed by atoms with Crippen LogP contribution in [0.3, 0.4) is 0 Å². The number of hydrogen-bond donors (Lipinski definition) is 1. The van der Waals surface area contributed by atoms with E-state index in [1.54, 1.807) is 4.90 Å². The summed E-state index contributed by atoms with van der Waals surface area (Å²) in [6, 6.07) is 8.03. The van der Waals surface area contributed by atoms with Gasteiger partial charge in [0.25, 0.3) is 5.91 Å². The minimum atomic E-state index is -0.406. The van der Waals surface area contributed by atoms with E-state index in [2.05, 4.69) is 4.98 Å². The van der Waals surface area contributed by atoms with Crippen molar-refractivity contribution in [2.24, 2.45) is 0 Å². The number of H-pyrrole nitrogens is 1. The van der Waals surface area contributed by atoms with Crippen LogP contribution in [-0.4, -0.2) is 65.9 Å². The number of carbonyl (C=O) groups is 3. The van der Waals surface area contributed by atoms with Gasteiger partial charge in [-0.15, -0.1) is 0 Å². The van der Waals surface area contributed by atoms with Crippen LogP contribution in [0.25, 0.3) is 10.9 Å². The second-order valence-corrected chi connectivity index (χ2v) is 6.69. The standard InChI is InChI=1S/C21H29N3O4/c1-4-24(5-2)19(25)14-23(3)20(26)15-28-21(27)12-8-9-16-13-22-18-11-7-6-10-17(16)18/h6-7,10-11,13,22H,4-5,8-9,12,14-15H2,1-3H3. The van der Waals surface area contributed by atoms with Gasteiger partial charge >= 0.3 is 5.97 Å². The van der Waals surface area contributed by atoms with E-state index in [4.69, 9.17) is 4.74 Å². The van der Waals surface area contributed by atoms with Crippen molar-refractivity contribution in [3.63, 3.8) is 0 Å². The van der Waals surface area contributed by atoms with E-state index >= 15 is 0 Å². The van der Waals surface area contributed by atoms with Gasteiger partial charge in [0.1, 0.15) is 0 Å². The fourth-order valence-corrected chi connectivity index (χ4v) is 3.05. The molecular weight excluding hydrogens is 358 g/mol. The van der Waals surface area contributed by atoms with Crippen LogP contribution in [0.5, 0.6) is 0 Å². The van der Waals surface area contributed by atoms with Gasteiger partial charge in [0.05, 0.1) is 6.54 Å². The first-order chi connectivity index (χ1) is 13.5. The first-order valence-electron chi connectivity index (χ1n) is 9.68. The average molecular weight is 387 g/mol. The molecule has 7 nitrogen and oxygen atoms in total. The number of esters is 1. The SMILES string of the molecule is CCN(CC)C(=O)CN(C)C(=O)COC(=O)CCCc1c[nH]c2ccccc12. The van der Waals surface area contributed by atoms with Crippen LogP contribution in [0.4, 0.5) is 0 Å². The zero-order valence-electron chi connectivity index (χ0n) is 16.9. The lowest BCUT2D eigenvalue weighted by Gasteiger charge is -2.23. The highest BCUT2D eigenvalue weighted by molar-refractivity contribution is 5.86. The lowest BCUT2D eigenvalue weighted by molar-refractivity contribution is -0.152. The van der Waals surface area contributed by atoms with Gasteiger partial charge in [-0.1, -0.05) is 18.2 Å². The van der Waals surface area contributed by atoms with Crippen molar-refractivity contribution in [3.8, 4) is 0 Å². The highest BCUT2D eigenvalue weighted by Crippen LogP contribution is 2.19. The van der Waals surface area contributed by atoms with Crippen molar-refractivity contribution in [3.05, 3.63) is 36.0 Å². The molecule has 0 unspecified atom stereocenters. The van der Waals surface area contributed by atoms with Crippen molar-refractivity contribution in [2.45, 2.75) is 33.1 Å². The molecule has 0 aliphatic carbocycles. The van der Waals surface area contributed by atoms with Crippen molar-refractivity contribution in [2.75, 3.05) is 33.3 Å². The van der Waals surface area contributed by atoms with Crippen molar-refractivity contribution < 1.29 is 19.1 Å². The van der Waals surface area contributed by atoms with Gasteiger partial charge in [0, 0.05) is 43.7 Å². The Labute approximate surface area is 165 Å². The normalized spacial score (nSPS) is 10.7. The number of fused-ring (bicyclic) bond motifs is 1. The number of aromatic nitrogens is 1. The summed E-state index contributed by atoms with van der Waals surface area (Å²) in [6.45, 7) is 4.63. The zero-order valence-corrected chi connectivity index (χ0v) is 16.9. The maximum absolute atomic E-state index is 12.1. The summed E-state index contributed by atoms with van der Waals surface area (Å²) in [5.41, 5.74) is 2.24. The largest absolute Gasteiger partial charge is 0.456 e. The number of amides is 2. The van der Waals surface area contributed by atoms with Crippen LogP contribution in [0.1, 0.15) is 32.3 Å². The number of likely N-dealkylation sites (N-methyl/N-ethyl adjacent to an activating group) is 2. The van der Waals surface area contributed by atoms with E-state index < -0.39 is 5.97 Å². The average Bonchev–Trinajstić information content (AvgIpc) is 3.10. The molecule has 1 aromatic heterocycles. The van der Waals surface area contributed by atoms with E-state index in [9.17, 15) is 14.4 Å². The number of rotatable bonds is 10. The third-order valence-electron chi connectivity index (χ3n) is 4.77. The topological polar surface area (TPSA) is 82.7 Å². The number of benzene rings is 1. The predicted molar refractivity (Wildman–Crippen MR) is 108 cm³/mol. The van der Waals surface area contributed by atoms with Crippen LogP contribution in [0.2, 0.25) is 0 Å². The van der Waals surface area contributed by atoms with Gasteiger partial charge in [-0.3, -0.25) is 14.4 Å². The Morgan fingerprint density at radius 1 is 1.07 bits per heavy atom. The van der Waals surface area contributed by atoms with Gasteiger partial charge in [-0.25, -0.2) is 0 Å². The summed E-state index contributed by atoms with van der Waals surface area (Å²) >= 11 is 0. The number of nitrogens with one attached hydrogen (secondary N) is 1. The van der Waals surface area contributed by atoms with Gasteiger partial charge in [-0.05, 0) is 38.3 Å². The molecule has 0 bridgehead atoms. The predicted octanol–water partition coefficient (Wildman–Crippen LogP) is 2.36. The Balaban J connectivity index is 1.70. The molecule has 2 amide bonds. The molecule has 0 atom stereocenters.